The van der Waals surface area contributed by atoms with Crippen LogP contribution in [-0.4, -0.2) is 46.1 Å². The second-order valence-corrected chi connectivity index (χ2v) is 5.81. The van der Waals surface area contributed by atoms with Crippen LogP contribution in [-0.2, 0) is 6.54 Å². The average Bonchev–Trinajstić information content (AvgIpc) is 3.01. The van der Waals surface area contributed by atoms with E-state index in [1.165, 1.54) is 0 Å². The van der Waals surface area contributed by atoms with Crippen LogP contribution in [0.2, 0.25) is 0 Å². The molecule has 1 aliphatic heterocycles. The molecule has 0 saturated heterocycles. The van der Waals surface area contributed by atoms with Crippen molar-refractivity contribution in [2.75, 3.05) is 13.2 Å². The van der Waals surface area contributed by atoms with Crippen LogP contribution in [0.1, 0.15) is 17.4 Å². The molecule has 3 rings (SSSR count). The van der Waals surface area contributed by atoms with Gasteiger partial charge in [0, 0.05) is 6.54 Å². The van der Waals surface area contributed by atoms with Crippen LogP contribution < -0.4 is 5.32 Å². The number of aliphatic imine (C=N–C) groups is 1. The number of nitrogens with one attached hydrogen (secondary N) is 2. The van der Waals surface area contributed by atoms with E-state index in [4.69, 9.17) is 10.5 Å². The minimum absolute atomic E-state index is 0.0380. The van der Waals surface area contributed by atoms with E-state index < -0.39 is 6.23 Å². The van der Waals surface area contributed by atoms with Crippen molar-refractivity contribution in [3.05, 3.63) is 65.7 Å². The van der Waals surface area contributed by atoms with E-state index >= 15 is 0 Å². The van der Waals surface area contributed by atoms with Gasteiger partial charge in [0.2, 0.25) is 0 Å². The predicted molar refractivity (Wildman–Crippen MR) is 102 cm³/mol. The maximum Gasteiger partial charge on any atom is 0.169 e. The molecule has 7 heteroatoms. The van der Waals surface area contributed by atoms with Gasteiger partial charge >= 0.3 is 0 Å². The lowest BCUT2D eigenvalue weighted by molar-refractivity contribution is 0.129. The van der Waals surface area contributed by atoms with Gasteiger partial charge in [0.15, 0.2) is 5.84 Å². The number of benzene rings is 2. The third kappa shape index (κ3) is 4.40. The summed E-state index contributed by atoms with van der Waals surface area (Å²) in [7, 11) is 0. The molecular weight excluding hydrogens is 330 g/mol. The smallest absolute Gasteiger partial charge is 0.169 e. The molecule has 0 radical (unpaired) electrons. The fraction of sp³-hybridized carbons (Fsp3) is 0.211. The Bertz CT molecular complexity index is 802. The van der Waals surface area contributed by atoms with Gasteiger partial charge in [-0.3, -0.25) is 10.7 Å². The molecule has 1 unspecified atom stereocenters. The van der Waals surface area contributed by atoms with E-state index in [9.17, 15) is 5.11 Å². The standard InChI is InChI=1S/C19H21N5O2/c20-18-17(12-22-24(18)13-14-4-2-1-3-5-14)23-16-8-6-15(7-9-16)19(26)21-10-11-25/h1-9,12,19-21,25-26H,10-11,13H2. The minimum atomic E-state index is -0.837. The maximum atomic E-state index is 9.92. The lowest BCUT2D eigenvalue weighted by Gasteiger charge is -2.14. The van der Waals surface area contributed by atoms with Crippen molar-refractivity contribution in [1.82, 2.24) is 10.3 Å². The second kappa shape index (κ2) is 8.48. The Morgan fingerprint density at radius 3 is 2.54 bits per heavy atom. The summed E-state index contributed by atoms with van der Waals surface area (Å²) in [4.78, 5) is 4.45. The van der Waals surface area contributed by atoms with Crippen LogP contribution in [0.3, 0.4) is 0 Å². The van der Waals surface area contributed by atoms with E-state index in [0.29, 0.717) is 30.1 Å². The number of nitrogens with zero attached hydrogens (tertiary/aromatic N) is 3. The molecule has 0 bridgehead atoms. The highest BCUT2D eigenvalue weighted by molar-refractivity contribution is 6.63. The van der Waals surface area contributed by atoms with E-state index in [2.05, 4.69) is 15.4 Å². The van der Waals surface area contributed by atoms with Crippen LogP contribution in [0.5, 0.6) is 0 Å². The summed E-state index contributed by atoms with van der Waals surface area (Å²) in [5.74, 6) is 0.252. The van der Waals surface area contributed by atoms with Gasteiger partial charge in [-0.1, -0.05) is 42.5 Å². The third-order valence-corrected chi connectivity index (χ3v) is 3.90. The van der Waals surface area contributed by atoms with Gasteiger partial charge in [-0.2, -0.15) is 5.10 Å². The quantitative estimate of drug-likeness (QED) is 0.571. The summed E-state index contributed by atoms with van der Waals surface area (Å²) < 4.78 is 0. The Labute approximate surface area is 151 Å². The molecule has 7 nitrogen and oxygen atoms in total. The highest BCUT2D eigenvalue weighted by atomic mass is 16.3. The molecule has 4 N–H and O–H groups in total. The van der Waals surface area contributed by atoms with Crippen LogP contribution in [0.25, 0.3) is 0 Å². The van der Waals surface area contributed by atoms with Gasteiger partial charge in [-0.05, 0) is 23.3 Å². The minimum Gasteiger partial charge on any atom is -0.395 e. The zero-order chi connectivity index (χ0) is 18.4. The molecule has 2 aromatic carbocycles. The summed E-state index contributed by atoms with van der Waals surface area (Å²) in [5.41, 5.74) is 2.93. The number of hydrogen-bond acceptors (Lipinski definition) is 6. The van der Waals surface area contributed by atoms with Crippen LogP contribution in [0, 0.1) is 5.41 Å². The van der Waals surface area contributed by atoms with E-state index in [1.54, 1.807) is 35.5 Å². The number of aliphatic hydroxyl groups is 2. The van der Waals surface area contributed by atoms with Crippen molar-refractivity contribution >= 4 is 23.4 Å². The van der Waals surface area contributed by atoms with Crippen molar-refractivity contribution in [2.45, 2.75) is 12.8 Å². The zero-order valence-corrected chi connectivity index (χ0v) is 14.2. The van der Waals surface area contributed by atoms with Gasteiger partial charge in [-0.25, -0.2) is 10.0 Å². The fourth-order valence-corrected chi connectivity index (χ4v) is 2.52. The van der Waals surface area contributed by atoms with Crippen molar-refractivity contribution in [3.63, 3.8) is 0 Å². The average molecular weight is 351 g/mol. The lowest BCUT2D eigenvalue weighted by atomic mass is 10.2. The molecular formula is C19H21N5O2. The third-order valence-electron chi connectivity index (χ3n) is 3.90. The number of aliphatic hydroxyl groups excluding tert-OH is 2. The van der Waals surface area contributed by atoms with Gasteiger partial charge in [0.05, 0.1) is 25.1 Å². The van der Waals surface area contributed by atoms with Gasteiger partial charge in [-0.15, -0.1) is 0 Å². The second-order valence-electron chi connectivity index (χ2n) is 5.81. The van der Waals surface area contributed by atoms with Crippen LogP contribution in [0.4, 0.5) is 5.69 Å². The van der Waals surface area contributed by atoms with Crippen LogP contribution >= 0.6 is 0 Å². The normalized spacial score (nSPS) is 16.5. The van der Waals surface area contributed by atoms with E-state index in [0.717, 1.165) is 5.56 Å². The molecule has 0 amide bonds. The molecule has 0 fully saturated rings. The highest BCUT2D eigenvalue weighted by Crippen LogP contribution is 2.18. The first-order chi connectivity index (χ1) is 12.7. The topological polar surface area (TPSA) is 104 Å². The summed E-state index contributed by atoms with van der Waals surface area (Å²) in [5, 5.41) is 35.6. The first-order valence-corrected chi connectivity index (χ1v) is 8.32. The van der Waals surface area contributed by atoms with Crippen LogP contribution in [0.15, 0.2) is 64.7 Å². The predicted octanol–water partition coefficient (Wildman–Crippen LogP) is 1.81. The largest absolute Gasteiger partial charge is 0.395 e. The molecule has 1 atom stereocenters. The summed E-state index contributed by atoms with van der Waals surface area (Å²) in [6.45, 7) is 0.802. The monoisotopic (exact) mass is 351 g/mol. The molecule has 2 aromatic rings. The maximum absolute atomic E-state index is 9.92. The molecule has 26 heavy (non-hydrogen) atoms. The first-order valence-electron chi connectivity index (χ1n) is 8.32. The van der Waals surface area contributed by atoms with Gasteiger partial charge in [0.25, 0.3) is 0 Å². The summed E-state index contributed by atoms with van der Waals surface area (Å²) in [6.07, 6.45) is 0.744. The van der Waals surface area contributed by atoms with Crippen molar-refractivity contribution in [2.24, 2.45) is 10.1 Å². The number of amidine groups is 1. The lowest BCUT2D eigenvalue weighted by Crippen LogP contribution is -2.25. The molecule has 134 valence electrons. The first kappa shape index (κ1) is 17.9. The SMILES string of the molecule is N=C1C(=Nc2ccc(C(O)NCCO)cc2)C=NN1Cc1ccccc1. The molecule has 1 heterocycles. The number of rotatable bonds is 7. The van der Waals surface area contributed by atoms with Crippen molar-refractivity contribution in [1.29, 1.82) is 5.41 Å². The molecule has 0 aromatic heterocycles. The zero-order valence-electron chi connectivity index (χ0n) is 14.2. The number of hydrazone groups is 1. The number of hydrogen-bond donors (Lipinski definition) is 4. The molecule has 0 saturated carbocycles. The van der Waals surface area contributed by atoms with Crippen molar-refractivity contribution in [3.8, 4) is 0 Å². The summed E-state index contributed by atoms with van der Waals surface area (Å²) >= 11 is 0. The van der Waals surface area contributed by atoms with Crippen molar-refractivity contribution < 1.29 is 10.2 Å². The Kier molecular flexibility index (Phi) is 5.85. The highest BCUT2D eigenvalue weighted by Gasteiger charge is 2.20. The Morgan fingerprint density at radius 2 is 1.85 bits per heavy atom. The van der Waals surface area contributed by atoms with Gasteiger partial charge < -0.3 is 10.2 Å². The summed E-state index contributed by atoms with van der Waals surface area (Å²) in [6, 6.07) is 16.9. The molecule has 0 spiro atoms. The molecule has 0 aliphatic carbocycles. The Morgan fingerprint density at radius 1 is 1.12 bits per heavy atom. The fourth-order valence-electron chi connectivity index (χ4n) is 2.52. The molecule has 1 aliphatic rings. The van der Waals surface area contributed by atoms with E-state index in [1.807, 2.05) is 30.3 Å². The Hall–Kier alpha value is -2.87. The van der Waals surface area contributed by atoms with E-state index in [-0.39, 0.29) is 12.4 Å². The van der Waals surface area contributed by atoms with Gasteiger partial charge in [0.1, 0.15) is 11.9 Å². The Balaban J connectivity index is 1.65.